The van der Waals surface area contributed by atoms with Crippen molar-refractivity contribution in [1.82, 2.24) is 15.3 Å². The number of nitrogens with two attached hydrogens (primary N) is 1. The summed E-state index contributed by atoms with van der Waals surface area (Å²) in [6.45, 7) is 4.07. The normalized spacial score (nSPS) is 26.8. The maximum atomic E-state index is 11.8. The van der Waals surface area contributed by atoms with Gasteiger partial charge in [-0.1, -0.05) is 0 Å². The van der Waals surface area contributed by atoms with E-state index in [2.05, 4.69) is 15.3 Å². The van der Waals surface area contributed by atoms with Crippen LogP contribution in [0.1, 0.15) is 33.1 Å². The Morgan fingerprint density at radius 1 is 1.58 bits per heavy atom. The molecule has 2 rings (SSSR count). The number of hydrogen-bond acceptors (Lipinski definition) is 5. The summed E-state index contributed by atoms with van der Waals surface area (Å²) in [5.41, 5.74) is 5.04. The standard InChI is InChI=1S/C13H20N4OS/c1-9(2)17-13(12(14)18)4-3-10(7-13)19-11-8-15-5-6-16-11/h5-6,8-10,17H,3-4,7H2,1-2H3,(H2,14,18). The molecule has 0 radical (unpaired) electrons. The number of aromatic nitrogens is 2. The predicted octanol–water partition coefficient (Wildman–Crippen LogP) is 1.34. The zero-order chi connectivity index (χ0) is 13.9. The molecule has 2 atom stereocenters. The lowest BCUT2D eigenvalue weighted by molar-refractivity contribution is -0.124. The summed E-state index contributed by atoms with van der Waals surface area (Å²) in [6.07, 6.45) is 7.60. The van der Waals surface area contributed by atoms with Crippen LogP contribution >= 0.6 is 11.8 Å². The lowest BCUT2D eigenvalue weighted by Crippen LogP contribution is -2.56. The van der Waals surface area contributed by atoms with Gasteiger partial charge < -0.3 is 11.1 Å². The highest BCUT2D eigenvalue weighted by Crippen LogP contribution is 2.39. The fourth-order valence-electron chi connectivity index (χ4n) is 2.60. The summed E-state index contributed by atoms with van der Waals surface area (Å²) in [5.74, 6) is -0.247. The summed E-state index contributed by atoms with van der Waals surface area (Å²) in [7, 11) is 0. The van der Waals surface area contributed by atoms with Crippen LogP contribution < -0.4 is 11.1 Å². The van der Waals surface area contributed by atoms with Crippen molar-refractivity contribution in [2.75, 3.05) is 0 Å². The quantitative estimate of drug-likeness (QED) is 0.851. The van der Waals surface area contributed by atoms with Gasteiger partial charge in [-0.2, -0.15) is 0 Å². The molecule has 1 aromatic heterocycles. The molecule has 1 saturated carbocycles. The molecule has 19 heavy (non-hydrogen) atoms. The van der Waals surface area contributed by atoms with Gasteiger partial charge in [0.2, 0.25) is 5.91 Å². The zero-order valence-corrected chi connectivity index (χ0v) is 12.1. The molecular formula is C13H20N4OS. The number of primary amides is 1. The van der Waals surface area contributed by atoms with Gasteiger partial charge in [0.05, 0.1) is 11.7 Å². The number of rotatable bonds is 5. The summed E-state index contributed by atoms with van der Waals surface area (Å²) < 4.78 is 0. The number of hydrogen-bond donors (Lipinski definition) is 2. The van der Waals surface area contributed by atoms with Crippen LogP contribution in [0.25, 0.3) is 0 Å². The topological polar surface area (TPSA) is 80.9 Å². The van der Waals surface area contributed by atoms with E-state index in [-0.39, 0.29) is 11.9 Å². The van der Waals surface area contributed by atoms with Crippen LogP contribution in [0.5, 0.6) is 0 Å². The van der Waals surface area contributed by atoms with Gasteiger partial charge in [0.15, 0.2) is 0 Å². The van der Waals surface area contributed by atoms with E-state index in [1.807, 2.05) is 13.8 Å². The van der Waals surface area contributed by atoms with Crippen molar-refractivity contribution in [2.45, 2.75) is 55.0 Å². The minimum absolute atomic E-state index is 0.243. The van der Waals surface area contributed by atoms with Gasteiger partial charge in [-0.25, -0.2) is 4.98 Å². The molecule has 0 saturated heterocycles. The fourth-order valence-corrected chi connectivity index (χ4v) is 3.78. The molecule has 0 spiro atoms. The second kappa shape index (κ2) is 5.88. The lowest BCUT2D eigenvalue weighted by atomic mass is 9.96. The molecule has 3 N–H and O–H groups in total. The molecule has 0 aliphatic heterocycles. The highest BCUT2D eigenvalue weighted by Gasteiger charge is 2.44. The Morgan fingerprint density at radius 3 is 2.95 bits per heavy atom. The van der Waals surface area contributed by atoms with Crippen LogP contribution in [0.3, 0.4) is 0 Å². The average Bonchev–Trinajstić information content (AvgIpc) is 2.74. The summed E-state index contributed by atoms with van der Waals surface area (Å²) in [5, 5.41) is 4.60. The van der Waals surface area contributed by atoms with Crippen LogP contribution in [0.15, 0.2) is 23.6 Å². The van der Waals surface area contributed by atoms with Crippen molar-refractivity contribution in [2.24, 2.45) is 5.73 Å². The van der Waals surface area contributed by atoms with E-state index in [0.29, 0.717) is 5.25 Å². The first-order valence-electron chi connectivity index (χ1n) is 6.52. The molecule has 6 heteroatoms. The largest absolute Gasteiger partial charge is 0.368 e. The van der Waals surface area contributed by atoms with E-state index in [1.165, 1.54) is 0 Å². The van der Waals surface area contributed by atoms with Gasteiger partial charge in [0.1, 0.15) is 5.03 Å². The first-order chi connectivity index (χ1) is 9.02. The number of amides is 1. The number of nitrogens with one attached hydrogen (secondary N) is 1. The first-order valence-corrected chi connectivity index (χ1v) is 7.40. The Labute approximate surface area is 117 Å². The first kappa shape index (κ1) is 14.3. The highest BCUT2D eigenvalue weighted by atomic mass is 32.2. The van der Waals surface area contributed by atoms with Crippen LogP contribution in [-0.4, -0.2) is 32.7 Å². The maximum absolute atomic E-state index is 11.8. The molecule has 5 nitrogen and oxygen atoms in total. The number of nitrogens with zero attached hydrogens (tertiary/aromatic N) is 2. The Morgan fingerprint density at radius 2 is 2.37 bits per heavy atom. The van der Waals surface area contributed by atoms with Crippen molar-refractivity contribution in [3.63, 3.8) is 0 Å². The van der Waals surface area contributed by atoms with E-state index >= 15 is 0 Å². The molecule has 2 unspecified atom stereocenters. The molecule has 0 bridgehead atoms. The van der Waals surface area contributed by atoms with Gasteiger partial charge in [-0.05, 0) is 33.1 Å². The van der Waals surface area contributed by atoms with Crippen molar-refractivity contribution in [3.8, 4) is 0 Å². The van der Waals surface area contributed by atoms with Crippen molar-refractivity contribution >= 4 is 17.7 Å². The van der Waals surface area contributed by atoms with E-state index in [9.17, 15) is 4.79 Å². The van der Waals surface area contributed by atoms with Crippen LogP contribution in [0, 0.1) is 0 Å². The molecule has 1 heterocycles. The van der Waals surface area contributed by atoms with Crippen LogP contribution in [-0.2, 0) is 4.79 Å². The summed E-state index contributed by atoms with van der Waals surface area (Å²) >= 11 is 1.68. The summed E-state index contributed by atoms with van der Waals surface area (Å²) in [6, 6.07) is 0.243. The smallest absolute Gasteiger partial charge is 0.237 e. The van der Waals surface area contributed by atoms with Crippen molar-refractivity contribution in [1.29, 1.82) is 0 Å². The molecule has 1 amide bonds. The molecule has 104 valence electrons. The second-order valence-corrected chi connectivity index (χ2v) is 6.59. The Kier molecular flexibility index (Phi) is 4.42. The molecular weight excluding hydrogens is 260 g/mol. The van der Waals surface area contributed by atoms with Gasteiger partial charge in [-0.15, -0.1) is 11.8 Å². The number of thioether (sulfide) groups is 1. The van der Waals surface area contributed by atoms with E-state index < -0.39 is 5.54 Å². The highest BCUT2D eigenvalue weighted by molar-refractivity contribution is 7.99. The maximum Gasteiger partial charge on any atom is 0.237 e. The van der Waals surface area contributed by atoms with E-state index in [0.717, 1.165) is 24.3 Å². The Balaban J connectivity index is 2.03. The molecule has 1 fully saturated rings. The molecule has 1 aliphatic carbocycles. The van der Waals surface area contributed by atoms with Gasteiger partial charge in [0, 0.05) is 23.7 Å². The molecule has 1 aliphatic rings. The lowest BCUT2D eigenvalue weighted by Gasteiger charge is -2.29. The minimum atomic E-state index is -0.561. The third-order valence-electron chi connectivity index (χ3n) is 3.33. The summed E-state index contributed by atoms with van der Waals surface area (Å²) in [4.78, 5) is 20.1. The number of carbonyl (C=O) groups excluding carboxylic acids is 1. The molecule has 1 aromatic rings. The Hall–Kier alpha value is -1.14. The van der Waals surface area contributed by atoms with E-state index in [4.69, 9.17) is 5.73 Å². The van der Waals surface area contributed by atoms with Crippen LogP contribution in [0.4, 0.5) is 0 Å². The van der Waals surface area contributed by atoms with Crippen molar-refractivity contribution < 1.29 is 4.79 Å². The average molecular weight is 280 g/mol. The van der Waals surface area contributed by atoms with E-state index in [1.54, 1.807) is 30.4 Å². The third-order valence-corrected chi connectivity index (χ3v) is 4.52. The van der Waals surface area contributed by atoms with Gasteiger partial charge in [0.25, 0.3) is 0 Å². The predicted molar refractivity (Wildman–Crippen MR) is 75.7 cm³/mol. The van der Waals surface area contributed by atoms with Gasteiger partial charge in [-0.3, -0.25) is 9.78 Å². The number of carbonyl (C=O) groups is 1. The SMILES string of the molecule is CC(C)NC1(C(N)=O)CCC(Sc2cnccn2)C1. The van der Waals surface area contributed by atoms with Gasteiger partial charge >= 0.3 is 0 Å². The monoisotopic (exact) mass is 280 g/mol. The van der Waals surface area contributed by atoms with Crippen molar-refractivity contribution in [3.05, 3.63) is 18.6 Å². The third kappa shape index (κ3) is 3.45. The minimum Gasteiger partial charge on any atom is -0.368 e. The van der Waals surface area contributed by atoms with Crippen LogP contribution in [0.2, 0.25) is 0 Å². The zero-order valence-electron chi connectivity index (χ0n) is 11.3. The fraction of sp³-hybridized carbons (Fsp3) is 0.615. The Bertz CT molecular complexity index is 440. The second-order valence-electron chi connectivity index (χ2n) is 5.27. The molecule has 0 aromatic carbocycles.